The monoisotopic (exact) mass is 313 g/mol. The van der Waals surface area contributed by atoms with E-state index in [2.05, 4.69) is 20.4 Å². The first-order chi connectivity index (χ1) is 11.2. The minimum absolute atomic E-state index is 0.00484. The minimum Gasteiger partial charge on any atom is -0.334 e. The van der Waals surface area contributed by atoms with Crippen LogP contribution in [0.3, 0.4) is 0 Å². The first-order valence-corrected chi connectivity index (χ1v) is 8.60. The molecule has 2 aliphatic carbocycles. The summed E-state index contributed by atoms with van der Waals surface area (Å²) in [5.41, 5.74) is 6.46. The number of carbonyl (C=O) groups excluding carboxylic acids is 1. The van der Waals surface area contributed by atoms with Crippen LogP contribution in [0.4, 0.5) is 0 Å². The van der Waals surface area contributed by atoms with Gasteiger partial charge in [0.2, 0.25) is 0 Å². The van der Waals surface area contributed by atoms with E-state index in [4.69, 9.17) is 0 Å². The topological polar surface area (TPSA) is 77.7 Å². The normalized spacial score (nSPS) is 16.7. The number of carbonyl (C=O) groups is 1. The standard InChI is InChI=1S/C17H23N5O/c1-22(17(23)16-12-7-5-9-14(12)19-21-16)10-15-11-6-3-2-4-8-13(11)18-20-15/h2-10H2,1H3,(H,18,20)(H,19,21). The molecule has 2 N–H and O–H groups in total. The number of amides is 1. The zero-order valence-electron chi connectivity index (χ0n) is 13.6. The Kier molecular flexibility index (Phi) is 3.67. The molecule has 0 atom stereocenters. The van der Waals surface area contributed by atoms with Gasteiger partial charge < -0.3 is 4.90 Å². The molecule has 2 aliphatic rings. The smallest absolute Gasteiger partial charge is 0.274 e. The summed E-state index contributed by atoms with van der Waals surface area (Å²) in [4.78, 5) is 14.5. The van der Waals surface area contributed by atoms with E-state index in [1.165, 1.54) is 30.5 Å². The molecule has 0 saturated carbocycles. The molecule has 4 rings (SSSR count). The van der Waals surface area contributed by atoms with Crippen LogP contribution in [0.2, 0.25) is 0 Å². The molecule has 6 nitrogen and oxygen atoms in total. The fraction of sp³-hybridized carbons (Fsp3) is 0.588. The van der Waals surface area contributed by atoms with E-state index in [1.54, 1.807) is 4.90 Å². The molecule has 2 heterocycles. The number of H-pyrrole nitrogens is 2. The van der Waals surface area contributed by atoms with Crippen molar-refractivity contribution in [2.75, 3.05) is 7.05 Å². The maximum Gasteiger partial charge on any atom is 0.274 e. The van der Waals surface area contributed by atoms with Gasteiger partial charge in [-0.05, 0) is 50.5 Å². The fourth-order valence-electron chi connectivity index (χ4n) is 3.83. The van der Waals surface area contributed by atoms with Crippen molar-refractivity contribution in [1.82, 2.24) is 25.3 Å². The highest BCUT2D eigenvalue weighted by Crippen LogP contribution is 2.25. The van der Waals surface area contributed by atoms with Gasteiger partial charge in [-0.1, -0.05) is 6.42 Å². The Balaban J connectivity index is 1.52. The fourth-order valence-corrected chi connectivity index (χ4v) is 3.83. The molecule has 0 saturated heterocycles. The summed E-state index contributed by atoms with van der Waals surface area (Å²) < 4.78 is 0. The lowest BCUT2D eigenvalue weighted by Crippen LogP contribution is -2.28. The van der Waals surface area contributed by atoms with Gasteiger partial charge in [-0.25, -0.2) is 0 Å². The van der Waals surface area contributed by atoms with Crippen LogP contribution in [0.25, 0.3) is 0 Å². The summed E-state index contributed by atoms with van der Waals surface area (Å²) in [6, 6.07) is 0. The average molecular weight is 313 g/mol. The number of nitrogens with one attached hydrogen (secondary N) is 2. The number of aromatic amines is 2. The van der Waals surface area contributed by atoms with E-state index in [1.807, 2.05) is 7.05 Å². The Bertz CT molecular complexity index is 729. The van der Waals surface area contributed by atoms with Crippen molar-refractivity contribution in [2.24, 2.45) is 0 Å². The van der Waals surface area contributed by atoms with Gasteiger partial charge in [-0.15, -0.1) is 0 Å². The molecule has 1 amide bonds. The molecule has 122 valence electrons. The molecular weight excluding hydrogens is 290 g/mol. The molecule has 6 heteroatoms. The van der Waals surface area contributed by atoms with Crippen molar-refractivity contribution in [2.45, 2.75) is 57.9 Å². The van der Waals surface area contributed by atoms with E-state index in [-0.39, 0.29) is 5.91 Å². The predicted octanol–water partition coefficient (Wildman–Crippen LogP) is 2.16. The van der Waals surface area contributed by atoms with E-state index in [9.17, 15) is 4.79 Å². The van der Waals surface area contributed by atoms with Gasteiger partial charge in [0, 0.05) is 24.0 Å². The molecule has 2 aromatic rings. The maximum absolute atomic E-state index is 12.7. The summed E-state index contributed by atoms with van der Waals surface area (Å²) in [7, 11) is 1.84. The molecule has 2 aromatic heterocycles. The Morgan fingerprint density at radius 3 is 2.57 bits per heavy atom. The Morgan fingerprint density at radius 2 is 1.65 bits per heavy atom. The number of aryl methyl sites for hydroxylation is 2. The molecule has 0 aliphatic heterocycles. The lowest BCUT2D eigenvalue weighted by Gasteiger charge is -2.16. The highest BCUT2D eigenvalue weighted by atomic mass is 16.2. The Morgan fingerprint density at radius 1 is 0.957 bits per heavy atom. The molecule has 0 bridgehead atoms. The van der Waals surface area contributed by atoms with Gasteiger partial charge in [0.05, 0.1) is 12.2 Å². The van der Waals surface area contributed by atoms with Crippen LogP contribution in [0.1, 0.15) is 64.4 Å². The van der Waals surface area contributed by atoms with Crippen molar-refractivity contribution in [3.8, 4) is 0 Å². The second-order valence-electron chi connectivity index (χ2n) is 6.73. The van der Waals surface area contributed by atoms with Crippen LogP contribution < -0.4 is 0 Å². The second-order valence-corrected chi connectivity index (χ2v) is 6.73. The van der Waals surface area contributed by atoms with Crippen LogP contribution in [-0.4, -0.2) is 38.2 Å². The summed E-state index contributed by atoms with van der Waals surface area (Å²) in [5.74, 6) is -0.00484. The average Bonchev–Trinajstić information content (AvgIpc) is 3.20. The van der Waals surface area contributed by atoms with Crippen molar-refractivity contribution >= 4 is 5.91 Å². The third-order valence-corrected chi connectivity index (χ3v) is 5.13. The summed E-state index contributed by atoms with van der Waals surface area (Å²) >= 11 is 0. The van der Waals surface area contributed by atoms with E-state index in [0.717, 1.165) is 49.1 Å². The lowest BCUT2D eigenvalue weighted by atomic mass is 10.1. The molecule has 23 heavy (non-hydrogen) atoms. The van der Waals surface area contributed by atoms with Crippen LogP contribution >= 0.6 is 0 Å². The Labute approximate surface area is 135 Å². The Hall–Kier alpha value is -2.11. The van der Waals surface area contributed by atoms with Crippen LogP contribution in [0, 0.1) is 0 Å². The quantitative estimate of drug-likeness (QED) is 0.852. The lowest BCUT2D eigenvalue weighted by molar-refractivity contribution is 0.0776. The number of hydrogen-bond acceptors (Lipinski definition) is 3. The molecular formula is C17H23N5O. The highest BCUT2D eigenvalue weighted by Gasteiger charge is 2.26. The first kappa shape index (κ1) is 14.5. The highest BCUT2D eigenvalue weighted by molar-refractivity contribution is 5.94. The molecule has 0 radical (unpaired) electrons. The van der Waals surface area contributed by atoms with Crippen LogP contribution in [0.15, 0.2) is 0 Å². The predicted molar refractivity (Wildman–Crippen MR) is 86.3 cm³/mol. The first-order valence-electron chi connectivity index (χ1n) is 8.60. The van der Waals surface area contributed by atoms with E-state index in [0.29, 0.717) is 12.2 Å². The van der Waals surface area contributed by atoms with Gasteiger partial charge in [-0.2, -0.15) is 10.2 Å². The zero-order valence-corrected chi connectivity index (χ0v) is 13.6. The summed E-state index contributed by atoms with van der Waals surface area (Å²) in [6.07, 6.45) is 8.93. The van der Waals surface area contributed by atoms with Crippen molar-refractivity contribution in [3.05, 3.63) is 33.9 Å². The molecule has 0 spiro atoms. The van der Waals surface area contributed by atoms with E-state index < -0.39 is 0 Å². The largest absolute Gasteiger partial charge is 0.334 e. The molecule has 0 aromatic carbocycles. The number of fused-ring (bicyclic) bond motifs is 2. The summed E-state index contributed by atoms with van der Waals surface area (Å²) in [5, 5.41) is 14.9. The van der Waals surface area contributed by atoms with Gasteiger partial charge in [0.25, 0.3) is 5.91 Å². The van der Waals surface area contributed by atoms with Gasteiger partial charge in [-0.3, -0.25) is 15.0 Å². The molecule has 0 fully saturated rings. The van der Waals surface area contributed by atoms with E-state index >= 15 is 0 Å². The maximum atomic E-state index is 12.7. The van der Waals surface area contributed by atoms with Gasteiger partial charge >= 0.3 is 0 Å². The third kappa shape index (κ3) is 2.56. The molecule has 0 unspecified atom stereocenters. The van der Waals surface area contributed by atoms with Crippen molar-refractivity contribution in [3.63, 3.8) is 0 Å². The second kappa shape index (κ2) is 5.83. The third-order valence-electron chi connectivity index (χ3n) is 5.13. The SMILES string of the molecule is CN(Cc1n[nH]c2c1CCCCC2)C(=O)c1n[nH]c2c1CCC2. The van der Waals surface area contributed by atoms with Crippen molar-refractivity contribution < 1.29 is 4.79 Å². The minimum atomic E-state index is -0.00484. The number of nitrogens with zero attached hydrogens (tertiary/aromatic N) is 3. The van der Waals surface area contributed by atoms with Gasteiger partial charge in [0.1, 0.15) is 0 Å². The van der Waals surface area contributed by atoms with Crippen molar-refractivity contribution in [1.29, 1.82) is 0 Å². The summed E-state index contributed by atoms with van der Waals surface area (Å²) in [6.45, 7) is 0.548. The van der Waals surface area contributed by atoms with Gasteiger partial charge in [0.15, 0.2) is 5.69 Å². The number of aromatic nitrogens is 4. The zero-order chi connectivity index (χ0) is 15.8. The van der Waals surface area contributed by atoms with Crippen LogP contribution in [-0.2, 0) is 32.2 Å². The number of hydrogen-bond donors (Lipinski definition) is 2. The number of rotatable bonds is 3. The van der Waals surface area contributed by atoms with Crippen LogP contribution in [0.5, 0.6) is 0 Å².